The van der Waals surface area contributed by atoms with Gasteiger partial charge < -0.3 is 9.64 Å². The number of carbonyl (C=O) groups is 3. The number of piperidine rings is 1. The minimum absolute atomic E-state index is 0.141. The average molecular weight is 357 g/mol. The van der Waals surface area contributed by atoms with Gasteiger partial charge in [0.1, 0.15) is 0 Å². The van der Waals surface area contributed by atoms with Crippen LogP contribution >= 0.6 is 23.2 Å². The lowest BCUT2D eigenvalue weighted by molar-refractivity contribution is -0.127. The monoisotopic (exact) mass is 356 g/mol. The Balaban J connectivity index is 1.64. The summed E-state index contributed by atoms with van der Waals surface area (Å²) in [5.74, 6) is -0.457. The standard InChI is InChI=1S/C15H14Cl2N2O4/c16-11-2-1-9(7-12(11)17)14(21)18-5-3-10(4-6-18)19-13(20)8-23-15(19)22/h1-2,7,10H,3-6,8H2. The molecule has 3 rings (SSSR count). The number of halogens is 2. The summed E-state index contributed by atoms with van der Waals surface area (Å²) in [6.45, 7) is 0.725. The molecule has 0 unspecified atom stereocenters. The number of likely N-dealkylation sites (tertiary alicyclic amines) is 1. The summed E-state index contributed by atoms with van der Waals surface area (Å²) in [6, 6.07) is 4.54. The molecule has 2 saturated heterocycles. The summed E-state index contributed by atoms with van der Waals surface area (Å²) in [5, 5.41) is 0.728. The molecule has 122 valence electrons. The van der Waals surface area contributed by atoms with E-state index < -0.39 is 6.09 Å². The highest BCUT2D eigenvalue weighted by Gasteiger charge is 2.39. The smallest absolute Gasteiger partial charge is 0.417 e. The van der Waals surface area contributed by atoms with Crippen molar-refractivity contribution in [3.8, 4) is 0 Å². The lowest BCUT2D eigenvalue weighted by atomic mass is 10.0. The van der Waals surface area contributed by atoms with Crippen LogP contribution in [0.3, 0.4) is 0 Å². The molecule has 0 spiro atoms. The van der Waals surface area contributed by atoms with E-state index in [-0.39, 0.29) is 24.5 Å². The first-order valence-electron chi connectivity index (χ1n) is 7.20. The first-order valence-corrected chi connectivity index (χ1v) is 7.96. The zero-order valence-electron chi connectivity index (χ0n) is 12.1. The van der Waals surface area contributed by atoms with Crippen molar-refractivity contribution >= 4 is 41.1 Å². The second kappa shape index (κ2) is 6.37. The van der Waals surface area contributed by atoms with Crippen molar-refractivity contribution < 1.29 is 19.1 Å². The number of rotatable bonds is 2. The van der Waals surface area contributed by atoms with E-state index in [9.17, 15) is 14.4 Å². The van der Waals surface area contributed by atoms with Crippen LogP contribution in [0.2, 0.25) is 10.0 Å². The molecule has 2 aliphatic heterocycles. The van der Waals surface area contributed by atoms with Crippen molar-refractivity contribution in [3.63, 3.8) is 0 Å². The van der Waals surface area contributed by atoms with E-state index in [4.69, 9.17) is 27.9 Å². The Morgan fingerprint density at radius 1 is 1.13 bits per heavy atom. The zero-order valence-corrected chi connectivity index (χ0v) is 13.6. The van der Waals surface area contributed by atoms with Gasteiger partial charge in [-0.1, -0.05) is 23.2 Å². The number of carbonyl (C=O) groups excluding carboxylic acids is 3. The quantitative estimate of drug-likeness (QED) is 0.816. The number of cyclic esters (lactones) is 1. The van der Waals surface area contributed by atoms with Gasteiger partial charge in [-0.2, -0.15) is 0 Å². The maximum Gasteiger partial charge on any atom is 0.417 e. The van der Waals surface area contributed by atoms with E-state index in [1.807, 2.05) is 0 Å². The molecule has 0 bridgehead atoms. The van der Waals surface area contributed by atoms with Gasteiger partial charge in [-0.05, 0) is 31.0 Å². The summed E-state index contributed by atoms with van der Waals surface area (Å²) in [7, 11) is 0. The molecule has 0 saturated carbocycles. The largest absolute Gasteiger partial charge is 0.439 e. The predicted molar refractivity (Wildman–Crippen MR) is 83.6 cm³/mol. The molecular weight excluding hydrogens is 343 g/mol. The third kappa shape index (κ3) is 3.14. The molecular formula is C15H14Cl2N2O4. The number of imide groups is 1. The molecule has 2 fully saturated rings. The molecule has 2 aliphatic rings. The van der Waals surface area contributed by atoms with Crippen LogP contribution in [-0.4, -0.2) is 53.4 Å². The Morgan fingerprint density at radius 3 is 2.39 bits per heavy atom. The van der Waals surface area contributed by atoms with E-state index in [1.54, 1.807) is 23.1 Å². The van der Waals surface area contributed by atoms with E-state index in [0.29, 0.717) is 41.5 Å². The first kappa shape index (κ1) is 16.1. The molecule has 0 N–H and O–H groups in total. The summed E-state index contributed by atoms with van der Waals surface area (Å²) in [6.07, 6.45) is 0.478. The Morgan fingerprint density at radius 2 is 1.83 bits per heavy atom. The van der Waals surface area contributed by atoms with Crippen LogP contribution in [0.25, 0.3) is 0 Å². The predicted octanol–water partition coefficient (Wildman–Crippen LogP) is 2.58. The highest BCUT2D eigenvalue weighted by Crippen LogP contribution is 2.25. The number of hydrogen-bond acceptors (Lipinski definition) is 4. The van der Waals surface area contributed by atoms with Gasteiger partial charge in [-0.3, -0.25) is 9.59 Å². The van der Waals surface area contributed by atoms with Gasteiger partial charge in [0.05, 0.1) is 10.0 Å². The van der Waals surface area contributed by atoms with Crippen LogP contribution in [-0.2, 0) is 9.53 Å². The molecule has 0 radical (unpaired) electrons. The van der Waals surface area contributed by atoms with Crippen molar-refractivity contribution in [3.05, 3.63) is 33.8 Å². The molecule has 6 nitrogen and oxygen atoms in total. The topological polar surface area (TPSA) is 66.9 Å². The van der Waals surface area contributed by atoms with Gasteiger partial charge >= 0.3 is 6.09 Å². The molecule has 0 atom stereocenters. The minimum Gasteiger partial charge on any atom is -0.439 e. The van der Waals surface area contributed by atoms with Crippen LogP contribution in [0.5, 0.6) is 0 Å². The van der Waals surface area contributed by atoms with Crippen molar-refractivity contribution in [2.45, 2.75) is 18.9 Å². The number of ether oxygens (including phenoxy) is 1. The average Bonchev–Trinajstić information content (AvgIpc) is 2.88. The normalized spacial score (nSPS) is 19.2. The zero-order chi connectivity index (χ0) is 16.6. The van der Waals surface area contributed by atoms with Crippen molar-refractivity contribution in [2.75, 3.05) is 19.7 Å². The fourth-order valence-corrected chi connectivity index (χ4v) is 3.15. The molecule has 2 heterocycles. The fraction of sp³-hybridized carbons (Fsp3) is 0.400. The van der Waals surface area contributed by atoms with Crippen LogP contribution in [0.4, 0.5) is 4.79 Å². The molecule has 23 heavy (non-hydrogen) atoms. The van der Waals surface area contributed by atoms with Crippen LogP contribution in [0, 0.1) is 0 Å². The van der Waals surface area contributed by atoms with Crippen molar-refractivity contribution in [1.82, 2.24) is 9.80 Å². The maximum absolute atomic E-state index is 12.5. The second-order valence-corrected chi connectivity index (χ2v) is 6.28. The summed E-state index contributed by atoms with van der Waals surface area (Å²) in [5.41, 5.74) is 0.467. The first-order chi connectivity index (χ1) is 11.0. The molecule has 1 aromatic carbocycles. The maximum atomic E-state index is 12.5. The van der Waals surface area contributed by atoms with Crippen LogP contribution < -0.4 is 0 Å². The SMILES string of the molecule is O=C(c1ccc(Cl)c(Cl)c1)N1CCC(N2C(=O)COC2=O)CC1. The van der Waals surface area contributed by atoms with Crippen molar-refractivity contribution in [1.29, 1.82) is 0 Å². The Labute approximate surface area is 142 Å². The number of benzene rings is 1. The highest BCUT2D eigenvalue weighted by atomic mass is 35.5. The third-order valence-electron chi connectivity index (χ3n) is 4.07. The molecule has 8 heteroatoms. The summed E-state index contributed by atoms with van der Waals surface area (Å²) in [4.78, 5) is 38.6. The summed E-state index contributed by atoms with van der Waals surface area (Å²) >= 11 is 11.8. The lowest BCUT2D eigenvalue weighted by Crippen LogP contribution is -2.48. The fourth-order valence-electron chi connectivity index (χ4n) is 2.86. The molecule has 3 amide bonds. The Kier molecular flexibility index (Phi) is 4.46. The van der Waals surface area contributed by atoms with Gasteiger partial charge in [0.15, 0.2) is 6.61 Å². The number of hydrogen-bond donors (Lipinski definition) is 0. The van der Waals surface area contributed by atoms with Gasteiger partial charge in [-0.15, -0.1) is 0 Å². The van der Waals surface area contributed by atoms with Crippen LogP contribution in [0.15, 0.2) is 18.2 Å². The number of amides is 3. The Hall–Kier alpha value is -1.79. The molecule has 0 aromatic heterocycles. The van der Waals surface area contributed by atoms with Gasteiger partial charge in [-0.25, -0.2) is 9.69 Å². The minimum atomic E-state index is -0.593. The Bertz CT molecular complexity index is 655. The van der Waals surface area contributed by atoms with Crippen molar-refractivity contribution in [2.24, 2.45) is 0 Å². The second-order valence-electron chi connectivity index (χ2n) is 5.47. The van der Waals surface area contributed by atoms with Gasteiger partial charge in [0.2, 0.25) is 0 Å². The van der Waals surface area contributed by atoms with Gasteiger partial charge in [0.25, 0.3) is 11.8 Å². The number of nitrogens with zero attached hydrogens (tertiary/aromatic N) is 2. The molecule has 0 aliphatic carbocycles. The van der Waals surface area contributed by atoms with E-state index in [2.05, 4.69) is 0 Å². The van der Waals surface area contributed by atoms with E-state index >= 15 is 0 Å². The third-order valence-corrected chi connectivity index (χ3v) is 4.81. The van der Waals surface area contributed by atoms with Gasteiger partial charge in [0, 0.05) is 24.7 Å². The lowest BCUT2D eigenvalue weighted by Gasteiger charge is -2.34. The molecule has 1 aromatic rings. The van der Waals surface area contributed by atoms with E-state index in [0.717, 1.165) is 0 Å². The van der Waals surface area contributed by atoms with E-state index in [1.165, 1.54) is 4.90 Å². The summed E-state index contributed by atoms with van der Waals surface area (Å²) < 4.78 is 4.73. The van der Waals surface area contributed by atoms with Crippen LogP contribution in [0.1, 0.15) is 23.2 Å². The highest BCUT2D eigenvalue weighted by molar-refractivity contribution is 6.42.